The molecule has 0 radical (unpaired) electrons. The fourth-order valence-electron chi connectivity index (χ4n) is 4.14. The van der Waals surface area contributed by atoms with Gasteiger partial charge in [-0.15, -0.1) is 22.7 Å². The van der Waals surface area contributed by atoms with Crippen LogP contribution >= 0.6 is 22.7 Å². The van der Waals surface area contributed by atoms with Crippen molar-refractivity contribution in [3.8, 4) is 0 Å². The van der Waals surface area contributed by atoms with Crippen LogP contribution in [0.3, 0.4) is 0 Å². The fourth-order valence-corrected chi connectivity index (χ4v) is 6.02. The Hall–Kier alpha value is -1.98. The van der Waals surface area contributed by atoms with Crippen LogP contribution in [0.5, 0.6) is 0 Å². The maximum atomic E-state index is 13.0. The van der Waals surface area contributed by atoms with Crippen LogP contribution in [0.25, 0.3) is 11.1 Å². The Morgan fingerprint density at radius 1 is 0.724 bits per heavy atom. The Bertz CT molecular complexity index is 974. The molecule has 0 spiro atoms. The minimum absolute atomic E-state index is 0.0740. The van der Waals surface area contributed by atoms with Gasteiger partial charge in [-0.05, 0) is 73.9 Å². The summed E-state index contributed by atoms with van der Waals surface area (Å²) in [6.45, 7) is 16.5. The average Bonchev–Trinajstić information content (AvgIpc) is 3.18. The van der Waals surface area contributed by atoms with Gasteiger partial charge in [0, 0.05) is 19.5 Å². The number of hydrogen-bond donors (Lipinski definition) is 0. The monoisotopic (exact) mass is 428 g/mol. The molecule has 2 aromatic rings. The van der Waals surface area contributed by atoms with Crippen molar-refractivity contribution in [3.05, 3.63) is 53.9 Å². The number of carbonyl (C=O) groups excluding carboxylic acids is 2. The van der Waals surface area contributed by atoms with Crippen molar-refractivity contribution in [2.45, 2.75) is 55.4 Å². The van der Waals surface area contributed by atoms with E-state index in [-0.39, 0.29) is 11.8 Å². The highest BCUT2D eigenvalue weighted by atomic mass is 32.1. The fraction of sp³-hybridized carbons (Fsp3) is 0.417. The molecule has 1 fully saturated rings. The van der Waals surface area contributed by atoms with Gasteiger partial charge in [0.25, 0.3) is 0 Å². The molecule has 3 rings (SSSR count). The summed E-state index contributed by atoms with van der Waals surface area (Å²) in [7, 11) is 0. The zero-order valence-corrected chi connectivity index (χ0v) is 20.0. The first-order chi connectivity index (χ1) is 13.5. The largest absolute Gasteiger partial charge is 0.386 e. The third-order valence-corrected chi connectivity index (χ3v) is 7.13. The normalized spacial score (nSPS) is 18.1. The van der Waals surface area contributed by atoms with Gasteiger partial charge >= 0.3 is 11.9 Å². The molecule has 0 unspecified atom stereocenters. The minimum Gasteiger partial charge on any atom is -0.386 e. The van der Waals surface area contributed by atoms with E-state index in [1.807, 2.05) is 0 Å². The topological polar surface area (TPSA) is 43.4 Å². The number of hydrogen-bond acceptors (Lipinski definition) is 5. The van der Waals surface area contributed by atoms with Gasteiger partial charge in [0.15, 0.2) is 0 Å². The highest BCUT2D eigenvalue weighted by Gasteiger charge is 2.40. The Balaban J connectivity index is 2.44. The second kappa shape index (κ2) is 8.04. The molecule has 1 aliphatic heterocycles. The van der Waals surface area contributed by atoms with Crippen LogP contribution < -0.4 is 0 Å². The van der Waals surface area contributed by atoms with Gasteiger partial charge in [-0.1, -0.05) is 27.7 Å². The van der Waals surface area contributed by atoms with Crippen LogP contribution in [0.4, 0.5) is 0 Å². The zero-order chi connectivity index (χ0) is 21.6. The summed E-state index contributed by atoms with van der Waals surface area (Å²) in [6, 6.07) is 4.23. The lowest BCUT2D eigenvalue weighted by atomic mass is 9.83. The third-order valence-electron chi connectivity index (χ3n) is 5.20. The minimum atomic E-state index is -0.528. The highest BCUT2D eigenvalue weighted by molar-refractivity contribution is 7.12. The van der Waals surface area contributed by atoms with E-state index in [1.165, 1.54) is 9.75 Å². The summed E-state index contributed by atoms with van der Waals surface area (Å²) in [5.41, 5.74) is 4.78. The summed E-state index contributed by atoms with van der Waals surface area (Å²) in [5, 5.41) is 0. The Morgan fingerprint density at radius 2 is 1.07 bits per heavy atom. The molecule has 0 N–H and O–H groups in total. The van der Waals surface area contributed by atoms with Crippen molar-refractivity contribution < 1.29 is 14.3 Å². The number of aryl methyl sites for hydroxylation is 4. The number of rotatable bonds is 4. The molecule has 3 nitrogen and oxygen atoms in total. The molecule has 0 amide bonds. The molecule has 5 heteroatoms. The van der Waals surface area contributed by atoms with Crippen LogP contribution in [-0.4, -0.2) is 11.9 Å². The van der Waals surface area contributed by atoms with Crippen molar-refractivity contribution in [3.63, 3.8) is 0 Å². The van der Waals surface area contributed by atoms with Crippen LogP contribution in [0, 0.1) is 39.5 Å². The molecule has 2 aromatic heterocycles. The zero-order valence-electron chi connectivity index (χ0n) is 18.4. The SMILES string of the molecule is Cc1cc(/C(=C2\C(=O)OC(=O)\C2=C(/c2cc(C)sc2C)C(C)C)C(C)C)c(C)s1. The van der Waals surface area contributed by atoms with E-state index in [0.717, 1.165) is 32.0 Å². The molecule has 1 aliphatic rings. The predicted molar refractivity (Wildman–Crippen MR) is 122 cm³/mol. The number of esters is 2. The van der Waals surface area contributed by atoms with E-state index in [1.54, 1.807) is 22.7 Å². The van der Waals surface area contributed by atoms with Gasteiger partial charge in [-0.3, -0.25) is 0 Å². The van der Waals surface area contributed by atoms with Gasteiger partial charge in [0.1, 0.15) is 0 Å². The van der Waals surface area contributed by atoms with Crippen LogP contribution in [-0.2, 0) is 14.3 Å². The second-order valence-corrected chi connectivity index (χ2v) is 11.1. The lowest BCUT2D eigenvalue weighted by Crippen LogP contribution is -2.09. The third kappa shape index (κ3) is 3.90. The molecule has 29 heavy (non-hydrogen) atoms. The summed E-state index contributed by atoms with van der Waals surface area (Å²) in [4.78, 5) is 30.6. The Morgan fingerprint density at radius 3 is 1.31 bits per heavy atom. The van der Waals surface area contributed by atoms with E-state index in [4.69, 9.17) is 4.74 Å². The Kier molecular flexibility index (Phi) is 6.02. The maximum Gasteiger partial charge on any atom is 0.347 e. The summed E-state index contributed by atoms with van der Waals surface area (Å²) in [6.07, 6.45) is 0. The molecule has 154 valence electrons. The van der Waals surface area contributed by atoms with E-state index in [2.05, 4.69) is 67.5 Å². The summed E-state index contributed by atoms with van der Waals surface area (Å²) >= 11 is 3.42. The highest BCUT2D eigenvalue weighted by Crippen LogP contribution is 2.44. The first kappa shape index (κ1) is 21.7. The lowest BCUT2D eigenvalue weighted by Gasteiger charge is -2.18. The number of allylic oxidation sites excluding steroid dienone is 2. The van der Waals surface area contributed by atoms with Gasteiger partial charge in [-0.25, -0.2) is 9.59 Å². The lowest BCUT2D eigenvalue weighted by molar-refractivity contribution is -0.149. The van der Waals surface area contributed by atoms with Crippen molar-refractivity contribution in [1.82, 2.24) is 0 Å². The second-order valence-electron chi connectivity index (χ2n) is 8.22. The predicted octanol–water partition coefficient (Wildman–Crippen LogP) is 6.65. The number of ether oxygens (including phenoxy) is 1. The molecule has 0 aromatic carbocycles. The van der Waals surface area contributed by atoms with Gasteiger partial charge in [0.05, 0.1) is 11.1 Å². The number of carbonyl (C=O) groups is 2. The molecule has 1 saturated heterocycles. The average molecular weight is 429 g/mol. The molecular formula is C24H28O3S2. The summed E-state index contributed by atoms with van der Waals surface area (Å²) < 4.78 is 5.20. The first-order valence-corrected chi connectivity index (χ1v) is 11.6. The summed E-state index contributed by atoms with van der Waals surface area (Å²) in [5.74, 6) is -0.908. The Labute approximate surface area is 181 Å². The maximum absolute atomic E-state index is 13.0. The smallest absolute Gasteiger partial charge is 0.347 e. The molecule has 0 saturated carbocycles. The van der Waals surface area contributed by atoms with Crippen molar-refractivity contribution in [2.24, 2.45) is 11.8 Å². The van der Waals surface area contributed by atoms with Crippen molar-refractivity contribution >= 4 is 45.8 Å². The van der Waals surface area contributed by atoms with Gasteiger partial charge < -0.3 is 4.74 Å². The molecule has 0 atom stereocenters. The van der Waals surface area contributed by atoms with E-state index in [9.17, 15) is 9.59 Å². The van der Waals surface area contributed by atoms with Crippen LogP contribution in [0.15, 0.2) is 23.3 Å². The van der Waals surface area contributed by atoms with Crippen molar-refractivity contribution in [2.75, 3.05) is 0 Å². The van der Waals surface area contributed by atoms with E-state index < -0.39 is 11.9 Å². The quantitative estimate of drug-likeness (QED) is 0.311. The van der Waals surface area contributed by atoms with Crippen LogP contribution in [0.2, 0.25) is 0 Å². The molecule has 0 aliphatic carbocycles. The molecular weight excluding hydrogens is 400 g/mol. The first-order valence-electron chi connectivity index (χ1n) is 9.92. The van der Waals surface area contributed by atoms with E-state index >= 15 is 0 Å². The molecule has 3 heterocycles. The van der Waals surface area contributed by atoms with Crippen LogP contribution in [0.1, 0.15) is 58.3 Å². The number of cyclic esters (lactones) is 2. The number of thiophene rings is 2. The molecule has 0 bridgehead atoms. The van der Waals surface area contributed by atoms with Crippen molar-refractivity contribution in [1.29, 1.82) is 0 Å². The van der Waals surface area contributed by atoms with E-state index in [0.29, 0.717) is 11.1 Å². The van der Waals surface area contributed by atoms with Gasteiger partial charge in [-0.2, -0.15) is 0 Å². The van der Waals surface area contributed by atoms with Gasteiger partial charge in [0.2, 0.25) is 0 Å². The standard InChI is InChI=1S/C24H28O3S2/c1-11(2)19(17-9-13(5)28-15(17)7)21-22(24(26)27-23(21)25)20(12(3)4)18-10-14(6)29-16(18)8/h9-12H,1-8H3/b21-19-,22-20-.